The number of methoxy groups -OCH3 is 1. The molecule has 0 bridgehead atoms. The van der Waals surface area contributed by atoms with Crippen molar-refractivity contribution in [3.05, 3.63) is 23.8 Å². The third-order valence-electron chi connectivity index (χ3n) is 2.67. The summed E-state index contributed by atoms with van der Waals surface area (Å²) in [5, 5.41) is 3.41. The lowest BCUT2D eigenvalue weighted by atomic mass is 9.94. The molecule has 0 saturated heterocycles. The fourth-order valence-electron chi connectivity index (χ4n) is 1.94. The largest absolute Gasteiger partial charge is 0.497 e. The van der Waals surface area contributed by atoms with Crippen LogP contribution in [0.2, 0.25) is 0 Å². The van der Waals surface area contributed by atoms with E-state index >= 15 is 0 Å². The highest BCUT2D eigenvalue weighted by atomic mass is 16.5. The highest BCUT2D eigenvalue weighted by molar-refractivity contribution is 5.57. The fraction of sp³-hybridized carbons (Fsp3) is 0.455. The number of hydrogen-bond donors (Lipinski definition) is 2. The molecule has 3 nitrogen and oxygen atoms in total. The number of benzene rings is 1. The Balaban J connectivity index is 2.39. The predicted octanol–water partition coefficient (Wildman–Crippen LogP) is 1.90. The molecule has 76 valence electrons. The van der Waals surface area contributed by atoms with E-state index in [1.807, 2.05) is 18.2 Å². The van der Waals surface area contributed by atoms with Crippen molar-refractivity contribution < 1.29 is 4.74 Å². The monoisotopic (exact) mass is 192 g/mol. The maximum absolute atomic E-state index is 6.06. The molecule has 14 heavy (non-hydrogen) atoms. The fourth-order valence-corrected chi connectivity index (χ4v) is 1.94. The Labute approximate surface area is 84.3 Å². The summed E-state index contributed by atoms with van der Waals surface area (Å²) < 4.78 is 5.17. The quantitative estimate of drug-likeness (QED) is 0.714. The van der Waals surface area contributed by atoms with Crippen LogP contribution in [-0.4, -0.2) is 13.2 Å². The summed E-state index contributed by atoms with van der Waals surface area (Å²) in [6.45, 7) is 2.15. The molecular formula is C11H16N2O. The maximum atomic E-state index is 6.06. The van der Waals surface area contributed by atoms with Crippen LogP contribution in [-0.2, 0) is 0 Å². The maximum Gasteiger partial charge on any atom is 0.119 e. The SMILES string of the molecule is COc1ccc2c(c1)C(N)CC(C)N2. The van der Waals surface area contributed by atoms with Crippen LogP contribution < -0.4 is 15.8 Å². The van der Waals surface area contributed by atoms with Crippen LogP contribution in [0.1, 0.15) is 24.9 Å². The summed E-state index contributed by atoms with van der Waals surface area (Å²) in [5.41, 5.74) is 8.36. The Morgan fingerprint density at radius 3 is 3.00 bits per heavy atom. The lowest BCUT2D eigenvalue weighted by Crippen LogP contribution is -2.29. The van der Waals surface area contributed by atoms with Crippen LogP contribution in [0.25, 0.3) is 0 Å². The van der Waals surface area contributed by atoms with E-state index in [1.54, 1.807) is 7.11 Å². The summed E-state index contributed by atoms with van der Waals surface area (Å²) >= 11 is 0. The topological polar surface area (TPSA) is 47.3 Å². The molecule has 0 spiro atoms. The van der Waals surface area contributed by atoms with Gasteiger partial charge in [0, 0.05) is 17.8 Å². The van der Waals surface area contributed by atoms with Crippen molar-refractivity contribution in [1.82, 2.24) is 0 Å². The van der Waals surface area contributed by atoms with Gasteiger partial charge in [0.25, 0.3) is 0 Å². The number of nitrogens with two attached hydrogens (primary N) is 1. The number of hydrogen-bond acceptors (Lipinski definition) is 3. The second kappa shape index (κ2) is 3.50. The van der Waals surface area contributed by atoms with Crippen LogP contribution >= 0.6 is 0 Å². The first-order valence-electron chi connectivity index (χ1n) is 4.90. The smallest absolute Gasteiger partial charge is 0.119 e. The van der Waals surface area contributed by atoms with Gasteiger partial charge >= 0.3 is 0 Å². The third-order valence-corrected chi connectivity index (χ3v) is 2.67. The highest BCUT2D eigenvalue weighted by Gasteiger charge is 2.21. The van der Waals surface area contributed by atoms with E-state index in [4.69, 9.17) is 10.5 Å². The average molecular weight is 192 g/mol. The standard InChI is InChI=1S/C11H16N2O/c1-7-5-10(12)9-6-8(14-2)3-4-11(9)13-7/h3-4,6-7,10,13H,5,12H2,1-2H3. The van der Waals surface area contributed by atoms with Gasteiger partial charge in [0.15, 0.2) is 0 Å². The van der Waals surface area contributed by atoms with Gasteiger partial charge in [0.2, 0.25) is 0 Å². The van der Waals surface area contributed by atoms with Gasteiger partial charge in [-0.1, -0.05) is 0 Å². The molecule has 1 heterocycles. The molecule has 0 fully saturated rings. The summed E-state index contributed by atoms with van der Waals surface area (Å²) in [6, 6.07) is 6.57. The van der Waals surface area contributed by atoms with Gasteiger partial charge in [0.05, 0.1) is 7.11 Å². The van der Waals surface area contributed by atoms with Gasteiger partial charge in [0.1, 0.15) is 5.75 Å². The van der Waals surface area contributed by atoms with Gasteiger partial charge in [-0.15, -0.1) is 0 Å². The molecule has 2 rings (SSSR count). The molecule has 2 unspecified atom stereocenters. The molecule has 3 heteroatoms. The molecule has 1 aromatic carbocycles. The van der Waals surface area contributed by atoms with Crippen molar-refractivity contribution in [2.75, 3.05) is 12.4 Å². The van der Waals surface area contributed by atoms with Crippen LogP contribution in [0.3, 0.4) is 0 Å². The second-order valence-corrected chi connectivity index (χ2v) is 3.84. The first-order valence-corrected chi connectivity index (χ1v) is 4.90. The van der Waals surface area contributed by atoms with Crippen molar-refractivity contribution >= 4 is 5.69 Å². The normalized spacial score (nSPS) is 25.1. The number of anilines is 1. The minimum atomic E-state index is 0.122. The highest BCUT2D eigenvalue weighted by Crippen LogP contribution is 2.33. The van der Waals surface area contributed by atoms with E-state index in [1.165, 1.54) is 0 Å². The zero-order valence-electron chi connectivity index (χ0n) is 8.58. The third kappa shape index (κ3) is 1.55. The first-order chi connectivity index (χ1) is 6.70. The van der Waals surface area contributed by atoms with Crippen molar-refractivity contribution in [2.24, 2.45) is 5.73 Å². The molecule has 2 atom stereocenters. The van der Waals surface area contributed by atoms with Gasteiger partial charge in [-0.3, -0.25) is 0 Å². The lowest BCUT2D eigenvalue weighted by molar-refractivity contribution is 0.413. The molecule has 1 aliphatic rings. The summed E-state index contributed by atoms with van der Waals surface area (Å²) in [6.07, 6.45) is 0.972. The molecule has 0 aromatic heterocycles. The zero-order valence-corrected chi connectivity index (χ0v) is 8.58. The number of ether oxygens (including phenoxy) is 1. The van der Waals surface area contributed by atoms with Crippen LogP contribution in [0.5, 0.6) is 5.75 Å². The van der Waals surface area contributed by atoms with Crippen molar-refractivity contribution in [3.63, 3.8) is 0 Å². The minimum Gasteiger partial charge on any atom is -0.497 e. The Morgan fingerprint density at radius 1 is 1.50 bits per heavy atom. The molecule has 1 aliphatic heterocycles. The zero-order chi connectivity index (χ0) is 10.1. The van der Waals surface area contributed by atoms with E-state index in [2.05, 4.69) is 12.2 Å². The van der Waals surface area contributed by atoms with Gasteiger partial charge in [-0.2, -0.15) is 0 Å². The predicted molar refractivity (Wildman–Crippen MR) is 57.6 cm³/mol. The molecule has 3 N–H and O–H groups in total. The Kier molecular flexibility index (Phi) is 2.33. The molecule has 0 saturated carbocycles. The van der Waals surface area contributed by atoms with E-state index < -0.39 is 0 Å². The Hall–Kier alpha value is -1.22. The van der Waals surface area contributed by atoms with Crippen molar-refractivity contribution in [3.8, 4) is 5.75 Å². The van der Waals surface area contributed by atoms with Crippen molar-refractivity contribution in [1.29, 1.82) is 0 Å². The van der Waals surface area contributed by atoms with Crippen molar-refractivity contribution in [2.45, 2.75) is 25.4 Å². The molecule has 0 radical (unpaired) electrons. The average Bonchev–Trinajstić information content (AvgIpc) is 2.17. The molecule has 1 aromatic rings. The van der Waals surface area contributed by atoms with E-state index in [9.17, 15) is 0 Å². The lowest BCUT2D eigenvalue weighted by Gasteiger charge is -2.29. The molecule has 0 aliphatic carbocycles. The minimum absolute atomic E-state index is 0.122. The van der Waals surface area contributed by atoms with Gasteiger partial charge in [-0.25, -0.2) is 0 Å². The second-order valence-electron chi connectivity index (χ2n) is 3.84. The summed E-state index contributed by atoms with van der Waals surface area (Å²) in [4.78, 5) is 0. The summed E-state index contributed by atoms with van der Waals surface area (Å²) in [5.74, 6) is 0.871. The van der Waals surface area contributed by atoms with E-state index in [0.717, 1.165) is 23.4 Å². The van der Waals surface area contributed by atoms with Crippen LogP contribution in [0.4, 0.5) is 5.69 Å². The summed E-state index contributed by atoms with van der Waals surface area (Å²) in [7, 11) is 1.67. The number of nitrogens with one attached hydrogen (secondary N) is 1. The van der Waals surface area contributed by atoms with Gasteiger partial charge < -0.3 is 15.8 Å². The number of rotatable bonds is 1. The van der Waals surface area contributed by atoms with Gasteiger partial charge in [-0.05, 0) is 37.1 Å². The number of fused-ring (bicyclic) bond motifs is 1. The Bertz CT molecular complexity index is 338. The van der Waals surface area contributed by atoms with Crippen LogP contribution in [0, 0.1) is 0 Å². The van der Waals surface area contributed by atoms with E-state index in [-0.39, 0.29) is 6.04 Å². The molecular weight excluding hydrogens is 176 g/mol. The van der Waals surface area contributed by atoms with E-state index in [0.29, 0.717) is 6.04 Å². The molecule has 0 amide bonds. The Morgan fingerprint density at radius 2 is 2.29 bits per heavy atom. The first kappa shape index (κ1) is 9.34. The van der Waals surface area contributed by atoms with Crippen LogP contribution in [0.15, 0.2) is 18.2 Å².